The van der Waals surface area contributed by atoms with Crippen molar-refractivity contribution >= 4 is 52.3 Å². The van der Waals surface area contributed by atoms with Gasteiger partial charge in [0, 0.05) is 12.3 Å². The standard InChI is InChI=1S/C12H8Cl3N7/c13-6-1-8(14)11(17-3-6)22-5-7(4-18-22)19-10-2-9(15)20-12(16)21-10/h1-5H,(H3,16,19,20,21). The molecule has 0 aliphatic heterocycles. The molecular formula is C12H8Cl3N7. The number of pyridine rings is 1. The van der Waals surface area contributed by atoms with Crippen LogP contribution in [0.15, 0.2) is 30.7 Å². The number of nitrogens with zero attached hydrogens (tertiary/aromatic N) is 5. The molecule has 0 spiro atoms. The van der Waals surface area contributed by atoms with Crippen LogP contribution in [0.3, 0.4) is 0 Å². The Morgan fingerprint density at radius 2 is 1.91 bits per heavy atom. The molecule has 22 heavy (non-hydrogen) atoms. The fourth-order valence-corrected chi connectivity index (χ4v) is 2.38. The Labute approximate surface area is 140 Å². The molecule has 0 unspecified atom stereocenters. The minimum absolute atomic E-state index is 0.0739. The van der Waals surface area contributed by atoms with Gasteiger partial charge in [-0.1, -0.05) is 34.8 Å². The predicted molar refractivity (Wildman–Crippen MR) is 86.1 cm³/mol. The summed E-state index contributed by atoms with van der Waals surface area (Å²) in [5.41, 5.74) is 6.19. The Morgan fingerprint density at radius 3 is 2.64 bits per heavy atom. The first-order valence-electron chi connectivity index (χ1n) is 5.94. The van der Waals surface area contributed by atoms with Crippen molar-refractivity contribution in [3.05, 3.63) is 45.9 Å². The van der Waals surface area contributed by atoms with E-state index < -0.39 is 0 Å². The van der Waals surface area contributed by atoms with Gasteiger partial charge in [-0.15, -0.1) is 0 Å². The summed E-state index contributed by atoms with van der Waals surface area (Å²) < 4.78 is 1.51. The molecule has 0 aliphatic carbocycles. The van der Waals surface area contributed by atoms with Crippen molar-refractivity contribution in [2.75, 3.05) is 11.1 Å². The number of halogens is 3. The molecule has 0 fully saturated rings. The zero-order valence-corrected chi connectivity index (χ0v) is 13.1. The molecule has 0 radical (unpaired) electrons. The number of nitrogens with one attached hydrogen (secondary N) is 1. The van der Waals surface area contributed by atoms with E-state index in [9.17, 15) is 0 Å². The van der Waals surface area contributed by atoms with Crippen molar-refractivity contribution in [3.63, 3.8) is 0 Å². The number of rotatable bonds is 3. The van der Waals surface area contributed by atoms with Gasteiger partial charge in [-0.05, 0) is 6.07 Å². The van der Waals surface area contributed by atoms with Crippen molar-refractivity contribution < 1.29 is 0 Å². The minimum atomic E-state index is 0.0739. The predicted octanol–water partition coefficient (Wildman–Crippen LogP) is 3.34. The fraction of sp³-hybridized carbons (Fsp3) is 0. The summed E-state index contributed by atoms with van der Waals surface area (Å²) in [5, 5.41) is 8.26. The molecule has 0 saturated carbocycles. The lowest BCUT2D eigenvalue weighted by atomic mass is 10.4. The van der Waals surface area contributed by atoms with Gasteiger partial charge in [-0.2, -0.15) is 10.1 Å². The molecule has 0 amide bonds. The highest BCUT2D eigenvalue weighted by Gasteiger charge is 2.08. The number of nitrogens with two attached hydrogens (primary N) is 1. The molecule has 3 rings (SSSR count). The zero-order chi connectivity index (χ0) is 15.7. The summed E-state index contributed by atoms with van der Waals surface area (Å²) in [6.45, 7) is 0. The number of anilines is 3. The third kappa shape index (κ3) is 3.22. The Bertz CT molecular complexity index is 813. The van der Waals surface area contributed by atoms with Crippen molar-refractivity contribution in [1.82, 2.24) is 24.7 Å². The van der Waals surface area contributed by atoms with Crippen LogP contribution in [0.1, 0.15) is 0 Å². The van der Waals surface area contributed by atoms with E-state index in [1.807, 2.05) is 0 Å². The first kappa shape index (κ1) is 14.8. The smallest absolute Gasteiger partial charge is 0.223 e. The second kappa shape index (κ2) is 5.96. The molecular weight excluding hydrogens is 349 g/mol. The maximum atomic E-state index is 6.09. The van der Waals surface area contributed by atoms with Crippen LogP contribution in [0.4, 0.5) is 17.5 Å². The average molecular weight is 357 g/mol. The van der Waals surface area contributed by atoms with Gasteiger partial charge in [0.2, 0.25) is 5.95 Å². The van der Waals surface area contributed by atoms with E-state index in [1.54, 1.807) is 24.5 Å². The monoisotopic (exact) mass is 355 g/mol. The number of aromatic nitrogens is 5. The van der Waals surface area contributed by atoms with Crippen LogP contribution in [0, 0.1) is 0 Å². The summed E-state index contributed by atoms with van der Waals surface area (Å²) in [6.07, 6.45) is 4.76. The third-order valence-corrected chi connectivity index (χ3v) is 3.25. The molecule has 3 aromatic rings. The van der Waals surface area contributed by atoms with E-state index in [2.05, 4.69) is 25.4 Å². The van der Waals surface area contributed by atoms with Gasteiger partial charge < -0.3 is 11.1 Å². The zero-order valence-electron chi connectivity index (χ0n) is 10.8. The summed E-state index contributed by atoms with van der Waals surface area (Å²) in [5.74, 6) is 0.983. The molecule has 0 aliphatic rings. The normalized spacial score (nSPS) is 10.7. The van der Waals surface area contributed by atoms with E-state index in [4.69, 9.17) is 40.5 Å². The van der Waals surface area contributed by atoms with Crippen LogP contribution in [0.5, 0.6) is 0 Å². The Hall–Kier alpha value is -2.09. The molecule has 3 aromatic heterocycles. The van der Waals surface area contributed by atoms with Crippen LogP contribution < -0.4 is 11.1 Å². The van der Waals surface area contributed by atoms with Crippen LogP contribution in [0.2, 0.25) is 15.2 Å². The molecule has 0 saturated heterocycles. The van der Waals surface area contributed by atoms with Gasteiger partial charge in [0.25, 0.3) is 0 Å². The average Bonchev–Trinajstić information content (AvgIpc) is 2.85. The van der Waals surface area contributed by atoms with Crippen LogP contribution in [-0.4, -0.2) is 24.7 Å². The van der Waals surface area contributed by atoms with Gasteiger partial charge in [0.05, 0.1) is 28.1 Å². The van der Waals surface area contributed by atoms with Crippen molar-refractivity contribution in [1.29, 1.82) is 0 Å². The van der Waals surface area contributed by atoms with E-state index in [0.29, 0.717) is 27.4 Å². The highest BCUT2D eigenvalue weighted by Crippen LogP contribution is 2.23. The Morgan fingerprint density at radius 1 is 1.09 bits per heavy atom. The van der Waals surface area contributed by atoms with Gasteiger partial charge in [0.15, 0.2) is 5.82 Å². The summed E-state index contributed by atoms with van der Waals surface area (Å²) in [7, 11) is 0. The van der Waals surface area contributed by atoms with Gasteiger partial charge in [-0.25, -0.2) is 14.6 Å². The second-order valence-corrected chi connectivity index (χ2v) is 5.42. The molecule has 10 heteroatoms. The molecule has 0 aromatic carbocycles. The van der Waals surface area contributed by atoms with Crippen molar-refractivity contribution in [3.8, 4) is 5.82 Å². The fourth-order valence-electron chi connectivity index (χ4n) is 1.73. The van der Waals surface area contributed by atoms with Crippen LogP contribution in [0.25, 0.3) is 5.82 Å². The lowest BCUT2D eigenvalue weighted by Crippen LogP contribution is -2.00. The van der Waals surface area contributed by atoms with Gasteiger partial charge in [-0.3, -0.25) is 0 Å². The number of hydrogen-bond donors (Lipinski definition) is 2. The lowest BCUT2D eigenvalue weighted by molar-refractivity contribution is 0.847. The maximum absolute atomic E-state index is 6.09. The van der Waals surface area contributed by atoms with Crippen LogP contribution >= 0.6 is 34.8 Å². The lowest BCUT2D eigenvalue weighted by Gasteiger charge is -2.04. The molecule has 7 nitrogen and oxygen atoms in total. The summed E-state index contributed by atoms with van der Waals surface area (Å²) in [4.78, 5) is 11.9. The second-order valence-electron chi connectivity index (χ2n) is 4.19. The van der Waals surface area contributed by atoms with Gasteiger partial charge in [0.1, 0.15) is 11.0 Å². The van der Waals surface area contributed by atoms with E-state index in [-0.39, 0.29) is 11.1 Å². The number of hydrogen-bond acceptors (Lipinski definition) is 6. The molecule has 0 bridgehead atoms. The molecule has 3 heterocycles. The maximum Gasteiger partial charge on any atom is 0.223 e. The van der Waals surface area contributed by atoms with E-state index in [1.165, 1.54) is 10.9 Å². The highest BCUT2D eigenvalue weighted by atomic mass is 35.5. The first-order chi connectivity index (χ1) is 10.5. The molecule has 0 atom stereocenters. The number of nitrogen functional groups attached to an aromatic ring is 1. The van der Waals surface area contributed by atoms with Crippen LogP contribution in [-0.2, 0) is 0 Å². The topological polar surface area (TPSA) is 94.5 Å². The summed E-state index contributed by atoms with van der Waals surface area (Å²) in [6, 6.07) is 3.13. The minimum Gasteiger partial charge on any atom is -0.368 e. The van der Waals surface area contributed by atoms with E-state index in [0.717, 1.165) is 0 Å². The first-order valence-corrected chi connectivity index (χ1v) is 7.08. The van der Waals surface area contributed by atoms with Crippen molar-refractivity contribution in [2.24, 2.45) is 0 Å². The van der Waals surface area contributed by atoms with E-state index >= 15 is 0 Å². The Balaban J connectivity index is 1.87. The van der Waals surface area contributed by atoms with Gasteiger partial charge >= 0.3 is 0 Å². The highest BCUT2D eigenvalue weighted by molar-refractivity contribution is 6.35. The third-order valence-electron chi connectivity index (χ3n) is 2.57. The van der Waals surface area contributed by atoms with Crippen molar-refractivity contribution in [2.45, 2.75) is 0 Å². The summed E-state index contributed by atoms with van der Waals surface area (Å²) >= 11 is 17.7. The SMILES string of the molecule is Nc1nc(Cl)cc(Nc2cnn(-c3ncc(Cl)cc3Cl)c2)n1. The quantitative estimate of drug-likeness (QED) is 0.699. The Kier molecular flexibility index (Phi) is 4.02. The molecule has 3 N–H and O–H groups in total. The largest absolute Gasteiger partial charge is 0.368 e. The molecule has 112 valence electrons.